The Labute approximate surface area is 316 Å². The van der Waals surface area contributed by atoms with Crippen LogP contribution >= 0.6 is 0 Å². The SMILES string of the molecule is c1ccc(-c2nc(-c3ccc4[se]c5c(-c6ccccc6)cccc5c4c3)nc(-c3cccc4c3ccc3ccc5nc(-c6ccccc6)oc5c34)n2)cc1. The minimum atomic E-state index is 0.192. The fourth-order valence-corrected chi connectivity index (χ4v) is 10.1. The molecule has 0 fully saturated rings. The minimum absolute atomic E-state index is 0.192. The molecule has 3 aromatic heterocycles. The number of benzene rings is 8. The van der Waals surface area contributed by atoms with Crippen LogP contribution in [0.1, 0.15) is 0 Å². The Hall–Kier alpha value is -6.72. The molecule has 0 saturated heterocycles. The van der Waals surface area contributed by atoms with Crippen LogP contribution < -0.4 is 0 Å². The molecule has 0 aliphatic carbocycles. The second kappa shape index (κ2) is 12.5. The summed E-state index contributed by atoms with van der Waals surface area (Å²) in [5.74, 6) is 2.50. The van der Waals surface area contributed by atoms with Crippen molar-refractivity contribution in [3.8, 4) is 56.7 Å². The molecule has 3 heterocycles. The van der Waals surface area contributed by atoms with Crippen LogP contribution in [0, 0.1) is 0 Å². The molecule has 11 aromatic rings. The summed E-state index contributed by atoms with van der Waals surface area (Å²) < 4.78 is 9.31. The van der Waals surface area contributed by atoms with Crippen LogP contribution in [0.4, 0.5) is 0 Å². The summed E-state index contributed by atoms with van der Waals surface area (Å²) in [6.07, 6.45) is 0. The molecule has 8 aromatic carbocycles. The van der Waals surface area contributed by atoms with Gasteiger partial charge in [0.05, 0.1) is 0 Å². The molecule has 54 heavy (non-hydrogen) atoms. The molecule has 0 N–H and O–H groups in total. The van der Waals surface area contributed by atoms with Crippen molar-refractivity contribution in [1.29, 1.82) is 0 Å². The van der Waals surface area contributed by atoms with Gasteiger partial charge in [-0.1, -0.05) is 24.3 Å². The van der Waals surface area contributed by atoms with E-state index in [1.54, 1.807) is 0 Å². The molecule has 5 nitrogen and oxygen atoms in total. The van der Waals surface area contributed by atoms with Crippen LogP contribution in [0.2, 0.25) is 0 Å². The van der Waals surface area contributed by atoms with Gasteiger partial charge in [-0.05, 0) is 18.2 Å². The molecule has 11 rings (SSSR count). The average Bonchev–Trinajstić information content (AvgIpc) is 3.86. The van der Waals surface area contributed by atoms with E-state index in [0.717, 1.165) is 54.9 Å². The molecular weight excluding hydrogens is 728 g/mol. The fourth-order valence-electron chi connectivity index (χ4n) is 7.58. The van der Waals surface area contributed by atoms with Crippen LogP contribution in [-0.2, 0) is 0 Å². The summed E-state index contributed by atoms with van der Waals surface area (Å²) in [5, 5.41) is 6.74. The third-order valence-corrected chi connectivity index (χ3v) is 12.7. The molecule has 0 saturated carbocycles. The normalized spacial score (nSPS) is 11.7. The Kier molecular flexibility index (Phi) is 7.12. The van der Waals surface area contributed by atoms with Gasteiger partial charge in [0.1, 0.15) is 5.52 Å². The van der Waals surface area contributed by atoms with Crippen molar-refractivity contribution in [2.75, 3.05) is 0 Å². The Morgan fingerprint density at radius 3 is 1.83 bits per heavy atom. The van der Waals surface area contributed by atoms with Gasteiger partial charge >= 0.3 is 249 Å². The molecule has 0 unspecified atom stereocenters. The number of oxazole rings is 1. The summed E-state index contributed by atoms with van der Waals surface area (Å²) in [6.45, 7) is 0. The summed E-state index contributed by atoms with van der Waals surface area (Å²) in [6, 6.07) is 59.1. The van der Waals surface area contributed by atoms with E-state index in [9.17, 15) is 0 Å². The number of hydrogen-bond donors (Lipinski definition) is 0. The second-order valence-electron chi connectivity index (χ2n) is 13.4. The first-order chi connectivity index (χ1) is 26.7. The van der Waals surface area contributed by atoms with Crippen LogP contribution in [0.3, 0.4) is 0 Å². The first kappa shape index (κ1) is 30.9. The maximum atomic E-state index is 6.52. The van der Waals surface area contributed by atoms with E-state index >= 15 is 0 Å². The van der Waals surface area contributed by atoms with Crippen molar-refractivity contribution in [2.24, 2.45) is 0 Å². The zero-order chi connectivity index (χ0) is 35.6. The van der Waals surface area contributed by atoms with Crippen molar-refractivity contribution in [2.45, 2.75) is 0 Å². The number of nitrogens with zero attached hydrogens (tertiary/aromatic N) is 4. The van der Waals surface area contributed by atoms with E-state index in [0.29, 0.717) is 23.4 Å². The van der Waals surface area contributed by atoms with Crippen molar-refractivity contribution in [3.05, 3.63) is 170 Å². The monoisotopic (exact) mass is 756 g/mol. The van der Waals surface area contributed by atoms with E-state index in [2.05, 4.69) is 115 Å². The van der Waals surface area contributed by atoms with Crippen LogP contribution in [0.5, 0.6) is 0 Å². The molecule has 0 radical (unpaired) electrons. The van der Waals surface area contributed by atoms with Crippen molar-refractivity contribution < 1.29 is 4.42 Å². The van der Waals surface area contributed by atoms with E-state index in [1.807, 2.05) is 54.6 Å². The zero-order valence-electron chi connectivity index (χ0n) is 28.8. The van der Waals surface area contributed by atoms with Gasteiger partial charge in [-0.25, -0.2) is 4.98 Å². The quantitative estimate of drug-likeness (QED) is 0.129. The van der Waals surface area contributed by atoms with Gasteiger partial charge in [0.15, 0.2) is 0 Å². The molecule has 0 aliphatic rings. The van der Waals surface area contributed by atoms with E-state index in [4.69, 9.17) is 24.4 Å². The summed E-state index contributed by atoms with van der Waals surface area (Å²) in [7, 11) is 0. The van der Waals surface area contributed by atoms with Gasteiger partial charge in [-0.15, -0.1) is 0 Å². The summed E-state index contributed by atoms with van der Waals surface area (Å²) in [4.78, 5) is 20.3. The Morgan fingerprint density at radius 1 is 0.407 bits per heavy atom. The van der Waals surface area contributed by atoms with E-state index < -0.39 is 0 Å². The van der Waals surface area contributed by atoms with Crippen LogP contribution in [-0.4, -0.2) is 34.4 Å². The third kappa shape index (κ3) is 5.07. The van der Waals surface area contributed by atoms with Gasteiger partial charge in [0.25, 0.3) is 0 Å². The number of hydrogen-bond acceptors (Lipinski definition) is 5. The van der Waals surface area contributed by atoms with Crippen molar-refractivity contribution in [1.82, 2.24) is 19.9 Å². The van der Waals surface area contributed by atoms with Gasteiger partial charge in [-0.3, -0.25) is 0 Å². The first-order valence-electron chi connectivity index (χ1n) is 17.9. The molecule has 0 atom stereocenters. The molecule has 252 valence electrons. The molecule has 0 amide bonds. The van der Waals surface area contributed by atoms with Gasteiger partial charge < -0.3 is 4.42 Å². The number of aromatic nitrogens is 4. The fraction of sp³-hybridized carbons (Fsp3) is 0. The van der Waals surface area contributed by atoms with E-state index in [1.165, 1.54) is 30.4 Å². The van der Waals surface area contributed by atoms with Gasteiger partial charge in [-0.2, -0.15) is 0 Å². The topological polar surface area (TPSA) is 64.7 Å². The zero-order valence-corrected chi connectivity index (χ0v) is 30.5. The standard InChI is InChI=1S/C48H28N4OSe/c1-4-12-29(13-5-1)34-18-10-20-37-39-28-33(24-27-41(39)54-44(34)37)46-50-45(31-14-6-2-7-15-31)51-47(52-46)38-21-11-19-36-35(38)25-22-30-23-26-40-43(42(30)36)53-48(49-40)32-16-8-3-9-17-32/h1-28H. The summed E-state index contributed by atoms with van der Waals surface area (Å²) >= 11 is 0.192. The second-order valence-corrected chi connectivity index (χ2v) is 15.6. The summed E-state index contributed by atoms with van der Waals surface area (Å²) in [5.41, 5.74) is 7.93. The maximum absolute atomic E-state index is 6.52. The van der Waals surface area contributed by atoms with Crippen LogP contribution in [0.15, 0.2) is 174 Å². The molecular formula is C48H28N4OSe. The first-order valence-corrected chi connectivity index (χ1v) is 19.6. The predicted octanol–water partition coefficient (Wildman–Crippen LogP) is 12.0. The number of rotatable bonds is 5. The molecule has 6 heteroatoms. The Bertz CT molecular complexity index is 3210. The average molecular weight is 756 g/mol. The predicted molar refractivity (Wildman–Crippen MR) is 222 cm³/mol. The molecule has 0 aliphatic heterocycles. The number of fused-ring (bicyclic) bond motifs is 8. The third-order valence-electron chi connectivity index (χ3n) is 10.2. The van der Waals surface area contributed by atoms with Gasteiger partial charge in [0, 0.05) is 5.56 Å². The molecule has 0 spiro atoms. The van der Waals surface area contributed by atoms with E-state index in [-0.39, 0.29) is 14.5 Å². The Balaban J connectivity index is 1.11. The van der Waals surface area contributed by atoms with Crippen molar-refractivity contribution in [3.63, 3.8) is 0 Å². The van der Waals surface area contributed by atoms with Crippen LogP contribution in [0.25, 0.3) is 109 Å². The van der Waals surface area contributed by atoms with Gasteiger partial charge in [0.2, 0.25) is 5.89 Å². The Morgan fingerprint density at radius 2 is 1.06 bits per heavy atom. The molecule has 0 bridgehead atoms. The van der Waals surface area contributed by atoms with Crippen molar-refractivity contribution >= 4 is 66.4 Å².